The van der Waals surface area contributed by atoms with E-state index < -0.39 is 0 Å². The van der Waals surface area contributed by atoms with E-state index in [9.17, 15) is 5.11 Å². The first kappa shape index (κ1) is 14.3. The molecule has 0 fully saturated rings. The zero-order chi connectivity index (χ0) is 12.5. The maximum absolute atomic E-state index is 9.32. The molecule has 17 heavy (non-hydrogen) atoms. The molecule has 1 aromatic rings. The van der Waals surface area contributed by atoms with Crippen LogP contribution in [0.15, 0.2) is 30.3 Å². The van der Waals surface area contributed by atoms with Gasteiger partial charge in [-0.3, -0.25) is 0 Å². The monoisotopic (exact) mass is 298 g/mol. The quantitative estimate of drug-likeness (QED) is 0.653. The Hall–Kier alpha value is -0.781. The summed E-state index contributed by atoms with van der Waals surface area (Å²) < 4.78 is 6.73. The molecule has 0 spiro atoms. The average Bonchev–Trinajstić information content (AvgIpc) is 2.30. The van der Waals surface area contributed by atoms with E-state index in [4.69, 9.17) is 4.74 Å². The molecular weight excluding hydrogens is 279 g/mol. The molecule has 0 saturated carbocycles. The van der Waals surface area contributed by atoms with Gasteiger partial charge in [0.1, 0.15) is 0 Å². The number of benzene rings is 1. The third-order valence-corrected chi connectivity index (χ3v) is 3.58. The molecule has 2 nitrogen and oxygen atoms in total. The molecule has 3 heteroatoms. The van der Waals surface area contributed by atoms with Crippen LogP contribution in [0.4, 0.5) is 0 Å². The third-order valence-electron chi connectivity index (χ3n) is 2.06. The molecule has 0 aliphatic heterocycles. The summed E-state index contributed by atoms with van der Waals surface area (Å²) in [6.45, 7) is 4.33. The van der Waals surface area contributed by atoms with Gasteiger partial charge in [-0.25, -0.2) is 0 Å². The van der Waals surface area contributed by atoms with Gasteiger partial charge in [0, 0.05) is 0 Å². The molecule has 1 rings (SSSR count). The van der Waals surface area contributed by atoms with Gasteiger partial charge in [-0.2, -0.15) is 0 Å². The molecule has 0 unspecified atom stereocenters. The van der Waals surface area contributed by atoms with E-state index in [1.54, 1.807) is 6.92 Å². The molecular formula is C14H18O2Se. The van der Waals surface area contributed by atoms with Crippen LogP contribution in [0.2, 0.25) is 0 Å². The Kier molecular flexibility index (Phi) is 7.00. The van der Waals surface area contributed by atoms with Crippen LogP contribution in [0.3, 0.4) is 0 Å². The summed E-state index contributed by atoms with van der Waals surface area (Å²) in [5.74, 6) is 3.10. The molecule has 0 aliphatic carbocycles. The van der Waals surface area contributed by atoms with E-state index >= 15 is 0 Å². The minimum absolute atomic E-state index is 0.148. The van der Waals surface area contributed by atoms with Crippen LogP contribution in [-0.4, -0.2) is 38.9 Å². The Labute approximate surface area is 110 Å². The van der Waals surface area contributed by atoms with Crippen LogP contribution in [0, 0.1) is 10.7 Å². The van der Waals surface area contributed by atoms with Crippen LogP contribution < -0.4 is 4.46 Å². The third kappa shape index (κ3) is 6.51. The minimum atomic E-state index is -0.370. The van der Waals surface area contributed by atoms with E-state index in [1.807, 2.05) is 25.1 Å². The van der Waals surface area contributed by atoms with Crippen LogP contribution in [0.5, 0.6) is 0 Å². The first-order valence-electron chi connectivity index (χ1n) is 5.74. The molecule has 0 heterocycles. The van der Waals surface area contributed by atoms with Crippen molar-refractivity contribution in [3.63, 3.8) is 0 Å². The molecule has 0 radical (unpaired) electrons. The van der Waals surface area contributed by atoms with Crippen LogP contribution in [0.1, 0.15) is 20.3 Å². The zero-order valence-electron chi connectivity index (χ0n) is 10.2. The Morgan fingerprint density at radius 3 is 2.65 bits per heavy atom. The summed E-state index contributed by atoms with van der Waals surface area (Å²) in [4.78, 5) is 3.17. The molecule has 1 aromatic carbocycles. The fourth-order valence-electron chi connectivity index (χ4n) is 1.32. The topological polar surface area (TPSA) is 29.5 Å². The summed E-state index contributed by atoms with van der Waals surface area (Å²) in [7, 11) is 0. The van der Waals surface area contributed by atoms with Gasteiger partial charge >= 0.3 is 109 Å². The van der Waals surface area contributed by atoms with Crippen LogP contribution in [0.25, 0.3) is 0 Å². The fourth-order valence-corrected chi connectivity index (χ4v) is 2.58. The Morgan fingerprint density at radius 1 is 1.35 bits per heavy atom. The summed E-state index contributed by atoms with van der Waals surface area (Å²) in [5, 5.41) is 9.32. The molecule has 0 aromatic heterocycles. The van der Waals surface area contributed by atoms with Gasteiger partial charge in [-0.15, -0.1) is 0 Å². The number of rotatable bonds is 5. The van der Waals surface area contributed by atoms with Crippen LogP contribution >= 0.6 is 0 Å². The molecule has 92 valence electrons. The van der Waals surface area contributed by atoms with Gasteiger partial charge in [-0.1, -0.05) is 0 Å². The van der Waals surface area contributed by atoms with Gasteiger partial charge in [0.25, 0.3) is 0 Å². The van der Waals surface area contributed by atoms with Gasteiger partial charge in [0.15, 0.2) is 0 Å². The summed E-state index contributed by atoms with van der Waals surface area (Å²) >= 11 is 0.162. The Bertz CT molecular complexity index is 365. The number of ether oxygens (including phenoxy) is 1. The fraction of sp³-hybridized carbons (Fsp3) is 0.429. The number of hydrogen-bond acceptors (Lipinski definition) is 2. The standard InChI is InChI=1S/C14H18O2Se/c1-3-16-13(11-12(2)15)9-10-17-14-7-5-4-6-8-14/h4-8,12-13,15H,3,11H2,1-2H3/t12-,13+/m1/s1. The molecule has 1 N–H and O–H groups in total. The van der Waals surface area contributed by atoms with E-state index in [1.165, 1.54) is 4.46 Å². The summed E-state index contributed by atoms with van der Waals surface area (Å²) in [5.41, 5.74) is 0. The molecule has 0 amide bonds. The molecule has 0 bridgehead atoms. The number of aliphatic hydroxyl groups excluding tert-OH is 1. The number of aliphatic hydroxyl groups is 1. The predicted molar refractivity (Wildman–Crippen MR) is 71.3 cm³/mol. The van der Waals surface area contributed by atoms with E-state index in [-0.39, 0.29) is 27.2 Å². The normalized spacial score (nSPS) is 13.6. The van der Waals surface area contributed by atoms with Crippen molar-refractivity contribution in [2.45, 2.75) is 32.5 Å². The van der Waals surface area contributed by atoms with Gasteiger partial charge in [-0.05, 0) is 0 Å². The van der Waals surface area contributed by atoms with E-state index in [2.05, 4.69) is 22.9 Å². The average molecular weight is 297 g/mol. The van der Waals surface area contributed by atoms with Gasteiger partial charge in [0.2, 0.25) is 0 Å². The van der Waals surface area contributed by atoms with Crippen molar-refractivity contribution in [1.29, 1.82) is 0 Å². The molecule has 0 saturated heterocycles. The van der Waals surface area contributed by atoms with E-state index in [0.717, 1.165) is 0 Å². The van der Waals surface area contributed by atoms with Crippen molar-refractivity contribution < 1.29 is 9.84 Å². The second kappa shape index (κ2) is 8.33. The Morgan fingerprint density at radius 2 is 2.06 bits per heavy atom. The zero-order valence-corrected chi connectivity index (χ0v) is 11.9. The van der Waals surface area contributed by atoms with Gasteiger partial charge in [0.05, 0.1) is 0 Å². The van der Waals surface area contributed by atoms with Crippen molar-refractivity contribution in [2.75, 3.05) is 6.61 Å². The first-order valence-corrected chi connectivity index (χ1v) is 7.45. The SMILES string of the molecule is CCO[C@@H](C#C[Se]c1ccccc1)C[C@@H](C)O. The van der Waals surface area contributed by atoms with Crippen molar-refractivity contribution >= 4 is 19.4 Å². The molecule has 2 atom stereocenters. The predicted octanol–water partition coefficient (Wildman–Crippen LogP) is 1.15. The first-order chi connectivity index (χ1) is 8.22. The maximum atomic E-state index is 9.32. The second-order valence-corrected chi connectivity index (χ2v) is 5.54. The molecule has 0 aliphatic rings. The van der Waals surface area contributed by atoms with E-state index in [0.29, 0.717) is 13.0 Å². The Balaban J connectivity index is 2.49. The van der Waals surface area contributed by atoms with Gasteiger partial charge < -0.3 is 0 Å². The number of hydrogen-bond donors (Lipinski definition) is 1. The van der Waals surface area contributed by atoms with Crippen molar-refractivity contribution in [3.8, 4) is 10.7 Å². The van der Waals surface area contributed by atoms with Crippen molar-refractivity contribution in [3.05, 3.63) is 30.3 Å². The van der Waals surface area contributed by atoms with Crippen LogP contribution in [-0.2, 0) is 4.74 Å². The second-order valence-electron chi connectivity index (χ2n) is 3.69. The van der Waals surface area contributed by atoms with Crippen molar-refractivity contribution in [1.82, 2.24) is 0 Å². The van der Waals surface area contributed by atoms with Crippen molar-refractivity contribution in [2.24, 2.45) is 0 Å². The summed E-state index contributed by atoms with van der Waals surface area (Å²) in [6, 6.07) is 10.2. The summed E-state index contributed by atoms with van der Waals surface area (Å²) in [6.07, 6.45) is 0.0572.